The molecule has 2 heterocycles. The fraction of sp³-hybridized carbons (Fsp3) is 0.462. The van der Waals surface area contributed by atoms with Crippen LogP contribution in [0, 0.1) is 0 Å². The highest BCUT2D eigenvalue weighted by Crippen LogP contribution is 2.39. The maximum Gasteiger partial charge on any atom is 0.409 e. The SMILES string of the molecule is CNC(=O)OC1OCCCN2Nc3ccccc3C12. The molecule has 0 saturated carbocycles. The number of carbonyl (C=O) groups excluding carboxylic acids is 1. The Morgan fingerprint density at radius 3 is 3.21 bits per heavy atom. The fourth-order valence-electron chi connectivity index (χ4n) is 2.53. The van der Waals surface area contributed by atoms with Gasteiger partial charge >= 0.3 is 6.09 Å². The molecular formula is C13H17N3O3. The normalized spacial score (nSPS) is 25.7. The van der Waals surface area contributed by atoms with Gasteiger partial charge in [0.05, 0.1) is 12.3 Å². The van der Waals surface area contributed by atoms with Crippen molar-refractivity contribution in [1.82, 2.24) is 10.3 Å². The molecule has 102 valence electrons. The molecule has 1 fully saturated rings. The smallest absolute Gasteiger partial charge is 0.409 e. The molecule has 0 bridgehead atoms. The summed E-state index contributed by atoms with van der Waals surface area (Å²) in [5.74, 6) is 0. The van der Waals surface area contributed by atoms with Gasteiger partial charge in [-0.1, -0.05) is 18.2 Å². The number of amides is 1. The summed E-state index contributed by atoms with van der Waals surface area (Å²) in [5.41, 5.74) is 5.48. The maximum atomic E-state index is 11.4. The number of rotatable bonds is 1. The van der Waals surface area contributed by atoms with Gasteiger partial charge in [0.1, 0.15) is 6.04 Å². The Balaban J connectivity index is 1.89. The molecule has 2 N–H and O–H groups in total. The Kier molecular flexibility index (Phi) is 3.27. The number of benzene rings is 1. The minimum absolute atomic E-state index is 0.101. The third-order valence-electron chi connectivity index (χ3n) is 3.39. The molecule has 1 aromatic rings. The number of para-hydroxylation sites is 1. The number of carbonyl (C=O) groups is 1. The summed E-state index contributed by atoms with van der Waals surface area (Å²) in [6.07, 6.45) is -0.180. The standard InChI is InChI=1S/C13H17N3O3/c1-14-13(17)19-12-11-9-5-2-3-6-10(9)15-16(11)7-4-8-18-12/h2-3,5-6,11-12,15H,4,7-8H2,1H3,(H,14,17). The number of alkyl carbamates (subject to hydrolysis) is 1. The van der Waals surface area contributed by atoms with E-state index < -0.39 is 12.4 Å². The van der Waals surface area contributed by atoms with Crippen LogP contribution in [-0.4, -0.2) is 37.6 Å². The van der Waals surface area contributed by atoms with Crippen molar-refractivity contribution >= 4 is 11.8 Å². The third-order valence-corrected chi connectivity index (χ3v) is 3.39. The van der Waals surface area contributed by atoms with Crippen LogP contribution in [0.4, 0.5) is 10.5 Å². The number of hydrogen-bond acceptors (Lipinski definition) is 5. The molecule has 2 aliphatic heterocycles. The van der Waals surface area contributed by atoms with Crippen LogP contribution >= 0.6 is 0 Å². The van der Waals surface area contributed by atoms with E-state index in [2.05, 4.69) is 15.8 Å². The van der Waals surface area contributed by atoms with Gasteiger partial charge in [0.2, 0.25) is 6.29 Å². The zero-order valence-electron chi connectivity index (χ0n) is 10.8. The van der Waals surface area contributed by atoms with E-state index in [-0.39, 0.29) is 6.04 Å². The Morgan fingerprint density at radius 2 is 2.37 bits per heavy atom. The highest BCUT2D eigenvalue weighted by molar-refractivity contribution is 5.67. The molecule has 0 radical (unpaired) electrons. The van der Waals surface area contributed by atoms with E-state index in [1.54, 1.807) is 0 Å². The lowest BCUT2D eigenvalue weighted by Crippen LogP contribution is -2.38. The van der Waals surface area contributed by atoms with E-state index in [0.29, 0.717) is 6.61 Å². The molecule has 1 aromatic carbocycles. The average Bonchev–Trinajstić information content (AvgIpc) is 2.69. The summed E-state index contributed by atoms with van der Waals surface area (Å²) >= 11 is 0. The van der Waals surface area contributed by atoms with Crippen molar-refractivity contribution in [3.05, 3.63) is 29.8 Å². The van der Waals surface area contributed by atoms with E-state index >= 15 is 0 Å². The molecule has 1 amide bonds. The maximum absolute atomic E-state index is 11.4. The predicted molar refractivity (Wildman–Crippen MR) is 69.4 cm³/mol. The number of nitrogens with zero attached hydrogens (tertiary/aromatic N) is 1. The first-order chi connectivity index (χ1) is 9.29. The van der Waals surface area contributed by atoms with E-state index in [4.69, 9.17) is 9.47 Å². The average molecular weight is 263 g/mol. The predicted octanol–water partition coefficient (Wildman–Crippen LogP) is 1.47. The van der Waals surface area contributed by atoms with E-state index in [9.17, 15) is 4.79 Å². The molecule has 6 heteroatoms. The number of hydrazine groups is 1. The highest BCUT2D eigenvalue weighted by atomic mass is 16.7. The number of hydrogen-bond donors (Lipinski definition) is 2. The second-order valence-electron chi connectivity index (χ2n) is 4.59. The van der Waals surface area contributed by atoms with Gasteiger partial charge in [0.25, 0.3) is 0 Å². The van der Waals surface area contributed by atoms with Gasteiger partial charge in [-0.2, -0.15) is 0 Å². The highest BCUT2D eigenvalue weighted by Gasteiger charge is 2.40. The molecule has 0 aliphatic carbocycles. The number of nitrogens with one attached hydrogen (secondary N) is 2. The minimum Gasteiger partial charge on any atom is -0.417 e. The number of fused-ring (bicyclic) bond motifs is 3. The Hall–Kier alpha value is -1.79. The lowest BCUT2D eigenvalue weighted by Gasteiger charge is -2.27. The minimum atomic E-state index is -0.599. The molecule has 2 unspecified atom stereocenters. The zero-order valence-corrected chi connectivity index (χ0v) is 10.8. The fourth-order valence-corrected chi connectivity index (χ4v) is 2.53. The van der Waals surface area contributed by atoms with Crippen LogP contribution in [-0.2, 0) is 9.47 Å². The van der Waals surface area contributed by atoms with Crippen LogP contribution in [0.3, 0.4) is 0 Å². The van der Waals surface area contributed by atoms with Crippen molar-refractivity contribution in [3.63, 3.8) is 0 Å². The summed E-state index contributed by atoms with van der Waals surface area (Å²) in [7, 11) is 1.54. The van der Waals surface area contributed by atoms with Gasteiger partial charge in [0, 0.05) is 19.2 Å². The monoisotopic (exact) mass is 263 g/mol. The first-order valence-electron chi connectivity index (χ1n) is 6.42. The van der Waals surface area contributed by atoms with Crippen LogP contribution in [0.5, 0.6) is 0 Å². The largest absolute Gasteiger partial charge is 0.417 e. The lowest BCUT2D eigenvalue weighted by molar-refractivity contribution is -0.127. The molecule has 0 spiro atoms. The van der Waals surface area contributed by atoms with Crippen LogP contribution < -0.4 is 10.7 Å². The van der Waals surface area contributed by atoms with Crippen molar-refractivity contribution in [1.29, 1.82) is 0 Å². The zero-order chi connectivity index (χ0) is 13.2. The van der Waals surface area contributed by atoms with Crippen LogP contribution in [0.1, 0.15) is 18.0 Å². The topological polar surface area (TPSA) is 62.8 Å². The summed E-state index contributed by atoms with van der Waals surface area (Å²) in [5, 5.41) is 4.53. The first kappa shape index (κ1) is 12.3. The lowest BCUT2D eigenvalue weighted by atomic mass is 10.1. The van der Waals surface area contributed by atoms with Crippen molar-refractivity contribution in [2.24, 2.45) is 0 Å². The molecule has 19 heavy (non-hydrogen) atoms. The molecule has 3 rings (SSSR count). The van der Waals surface area contributed by atoms with Crippen LogP contribution in [0.15, 0.2) is 24.3 Å². The van der Waals surface area contributed by atoms with Gasteiger partial charge in [-0.05, 0) is 12.5 Å². The van der Waals surface area contributed by atoms with Crippen LogP contribution in [0.25, 0.3) is 0 Å². The molecular weight excluding hydrogens is 246 g/mol. The van der Waals surface area contributed by atoms with Crippen molar-refractivity contribution in [2.45, 2.75) is 18.8 Å². The van der Waals surface area contributed by atoms with E-state index in [0.717, 1.165) is 24.2 Å². The van der Waals surface area contributed by atoms with Gasteiger partial charge in [-0.25, -0.2) is 9.80 Å². The van der Waals surface area contributed by atoms with Gasteiger partial charge in [0.15, 0.2) is 0 Å². The Labute approximate surface area is 111 Å². The molecule has 2 aliphatic rings. The molecule has 1 saturated heterocycles. The Bertz CT molecular complexity index is 480. The van der Waals surface area contributed by atoms with Gasteiger partial charge in [-0.3, -0.25) is 0 Å². The van der Waals surface area contributed by atoms with Crippen LogP contribution in [0.2, 0.25) is 0 Å². The van der Waals surface area contributed by atoms with Crippen molar-refractivity contribution < 1.29 is 14.3 Å². The summed E-state index contributed by atoms with van der Waals surface area (Å²) in [4.78, 5) is 11.4. The third kappa shape index (κ3) is 2.24. The van der Waals surface area contributed by atoms with Gasteiger partial charge < -0.3 is 20.2 Å². The summed E-state index contributed by atoms with van der Waals surface area (Å²) in [6, 6.07) is 7.90. The summed E-state index contributed by atoms with van der Waals surface area (Å²) in [6.45, 7) is 1.44. The Morgan fingerprint density at radius 1 is 1.53 bits per heavy atom. The summed E-state index contributed by atoms with van der Waals surface area (Å²) < 4.78 is 11.0. The number of ether oxygens (including phenoxy) is 2. The first-order valence-corrected chi connectivity index (χ1v) is 6.42. The molecule has 0 aromatic heterocycles. The molecule has 2 atom stereocenters. The number of anilines is 1. The second kappa shape index (κ2) is 5.07. The van der Waals surface area contributed by atoms with E-state index in [1.165, 1.54) is 7.05 Å². The second-order valence-corrected chi connectivity index (χ2v) is 4.59. The van der Waals surface area contributed by atoms with Crippen molar-refractivity contribution in [2.75, 3.05) is 25.6 Å². The van der Waals surface area contributed by atoms with E-state index in [1.807, 2.05) is 24.3 Å². The van der Waals surface area contributed by atoms with Gasteiger partial charge in [-0.15, -0.1) is 0 Å². The molecule has 6 nitrogen and oxygen atoms in total. The quantitative estimate of drug-likeness (QED) is 0.803. The van der Waals surface area contributed by atoms with Crippen molar-refractivity contribution in [3.8, 4) is 0 Å².